The molecule has 448 valence electrons. The fraction of sp³-hybridized carbons (Fsp3) is 0.279. The number of pyridine rings is 2. The fourth-order valence-corrected chi connectivity index (χ4v) is 13.0. The van der Waals surface area contributed by atoms with E-state index in [1.165, 1.54) is 22.3 Å². The van der Waals surface area contributed by atoms with Crippen molar-refractivity contribution in [2.45, 2.75) is 157 Å². The zero-order chi connectivity index (χ0) is 63.7. The van der Waals surface area contributed by atoms with E-state index >= 15 is 9.59 Å². The van der Waals surface area contributed by atoms with Gasteiger partial charge < -0.3 is 4.40 Å². The summed E-state index contributed by atoms with van der Waals surface area (Å²) in [5.74, 6) is 0. The standard InChI is InChI=1S/C86H87NO2/c1-81(2,3)63-30-22-52(23-31-63)56-42-57(53-24-32-64(33-25-53)82(4,5)6)45-60(44-56)69-20-19-21-70(61-46-58(54-26-34-65(35-27-54)83(7,8)9)43-59(47-61)55-28-36-66(37-29-55)84(10,11)12)77(69)62-48-73-78-74(49-62)80(89)72-51-68(86(16,17)18)39-41-76(72)87(78)75-40-38-67(85(13,14)15)50-71(75)79(73)88/h19-51H,1-18H3. The molecule has 0 radical (unpaired) electrons. The smallest absolute Gasteiger partial charge is 0.197 e. The average molecular weight is 1170 g/mol. The topological polar surface area (TPSA) is 38.5 Å². The van der Waals surface area contributed by atoms with Crippen LogP contribution in [0.1, 0.15) is 158 Å². The Labute approximate surface area is 528 Å². The normalized spacial score (nSPS) is 12.9. The lowest BCUT2D eigenvalue weighted by Gasteiger charge is -2.23. The molecule has 10 aromatic carbocycles. The first-order chi connectivity index (χ1) is 41.7. The van der Waals surface area contributed by atoms with Crippen LogP contribution in [0.3, 0.4) is 0 Å². The number of hydrogen-bond acceptors (Lipinski definition) is 2. The highest BCUT2D eigenvalue weighted by Crippen LogP contribution is 2.47. The van der Waals surface area contributed by atoms with Crippen LogP contribution in [0.15, 0.2) is 210 Å². The summed E-state index contributed by atoms with van der Waals surface area (Å²) in [5.41, 5.74) is 23.4. The van der Waals surface area contributed by atoms with Crippen molar-refractivity contribution >= 4 is 38.1 Å². The van der Waals surface area contributed by atoms with Crippen LogP contribution >= 0.6 is 0 Å². The SMILES string of the molecule is CC(C)(C)c1ccc(-c2cc(-c3ccc(C(C)(C)C)cc3)cc(-c3cccc(-c4cc(-c5ccc(C(C)(C)C)cc5)cc(-c5ccc(C(C)(C)C)cc5)c4)c3-c3cc4c(=O)c5cc(C(C)(C)C)ccc5n5c6ccc(C(C)(C)C)cc6c(=O)c(c3)c45)c2)cc1. The Morgan fingerprint density at radius 2 is 0.494 bits per heavy atom. The number of benzene rings is 10. The molecule has 12 rings (SSSR count). The summed E-state index contributed by atoms with van der Waals surface area (Å²) >= 11 is 0. The van der Waals surface area contributed by atoms with Gasteiger partial charge in [0, 0.05) is 21.5 Å². The average Bonchev–Trinajstić information content (AvgIpc) is 0.721. The van der Waals surface area contributed by atoms with E-state index in [-0.39, 0.29) is 43.3 Å². The number of fused-ring (bicyclic) bond motifs is 4. The molecule has 2 aromatic heterocycles. The molecule has 0 saturated carbocycles. The Balaban J connectivity index is 1.23. The van der Waals surface area contributed by atoms with Gasteiger partial charge in [-0.2, -0.15) is 0 Å². The van der Waals surface area contributed by atoms with Crippen LogP contribution in [0.25, 0.3) is 116 Å². The molecule has 2 heterocycles. The predicted octanol–water partition coefficient (Wildman–Crippen LogP) is 23.0. The summed E-state index contributed by atoms with van der Waals surface area (Å²) in [5, 5.41) is 2.27. The van der Waals surface area contributed by atoms with E-state index in [1.54, 1.807) is 0 Å². The Morgan fingerprint density at radius 1 is 0.236 bits per heavy atom. The zero-order valence-electron chi connectivity index (χ0n) is 55.8. The van der Waals surface area contributed by atoms with Gasteiger partial charge in [-0.15, -0.1) is 0 Å². The highest BCUT2D eigenvalue weighted by molar-refractivity contribution is 6.11. The number of rotatable bonds is 7. The lowest BCUT2D eigenvalue weighted by molar-refractivity contribution is 0.590. The van der Waals surface area contributed by atoms with Crippen molar-refractivity contribution in [3.8, 4) is 77.9 Å². The van der Waals surface area contributed by atoms with Crippen LogP contribution in [0.4, 0.5) is 0 Å². The first kappa shape index (κ1) is 60.6. The molecule has 0 saturated heterocycles. The van der Waals surface area contributed by atoms with Crippen molar-refractivity contribution in [3.63, 3.8) is 0 Å². The lowest BCUT2D eigenvalue weighted by atomic mass is 9.82. The molecule has 0 unspecified atom stereocenters. The van der Waals surface area contributed by atoms with Gasteiger partial charge in [0.2, 0.25) is 0 Å². The van der Waals surface area contributed by atoms with Gasteiger partial charge in [0.05, 0.1) is 16.6 Å². The molecule has 0 aliphatic heterocycles. The van der Waals surface area contributed by atoms with Crippen molar-refractivity contribution < 1.29 is 0 Å². The Kier molecular flexibility index (Phi) is 14.7. The highest BCUT2D eigenvalue weighted by Gasteiger charge is 2.27. The molecule has 0 aliphatic carbocycles. The second-order valence-electron chi connectivity index (χ2n) is 31.5. The quantitative estimate of drug-likeness (QED) is 0.118. The van der Waals surface area contributed by atoms with E-state index < -0.39 is 0 Å². The van der Waals surface area contributed by atoms with Gasteiger partial charge in [-0.25, -0.2) is 0 Å². The predicted molar refractivity (Wildman–Crippen MR) is 384 cm³/mol. The van der Waals surface area contributed by atoms with Gasteiger partial charge in [-0.1, -0.05) is 252 Å². The molecule has 0 spiro atoms. The molecule has 3 heteroatoms. The summed E-state index contributed by atoms with van der Waals surface area (Å²) in [6.07, 6.45) is 0. The maximum absolute atomic E-state index is 15.9. The zero-order valence-corrected chi connectivity index (χ0v) is 55.8. The summed E-state index contributed by atoms with van der Waals surface area (Å²) in [6.45, 7) is 40.3. The van der Waals surface area contributed by atoms with Gasteiger partial charge in [0.25, 0.3) is 0 Å². The second kappa shape index (κ2) is 21.5. The van der Waals surface area contributed by atoms with E-state index in [0.717, 1.165) is 100 Å². The molecular weight excluding hydrogens is 1080 g/mol. The number of hydrogen-bond donors (Lipinski definition) is 0. The number of nitrogens with zero attached hydrogens (tertiary/aromatic N) is 1. The van der Waals surface area contributed by atoms with Gasteiger partial charge >= 0.3 is 0 Å². The van der Waals surface area contributed by atoms with Crippen LogP contribution in [0, 0.1) is 0 Å². The van der Waals surface area contributed by atoms with Gasteiger partial charge in [0.1, 0.15) is 0 Å². The van der Waals surface area contributed by atoms with E-state index in [9.17, 15) is 0 Å². The van der Waals surface area contributed by atoms with Gasteiger partial charge in [-0.3, -0.25) is 9.59 Å². The largest absolute Gasteiger partial charge is 0.308 e. The summed E-state index contributed by atoms with van der Waals surface area (Å²) < 4.78 is 2.20. The molecule has 0 amide bonds. The first-order valence-corrected chi connectivity index (χ1v) is 32.0. The molecular formula is C86H87NO2. The third kappa shape index (κ3) is 11.5. The fourth-order valence-electron chi connectivity index (χ4n) is 13.0. The minimum absolute atomic E-state index is 0.0134. The maximum Gasteiger partial charge on any atom is 0.197 e. The van der Waals surface area contributed by atoms with Crippen LogP contribution in [-0.2, 0) is 32.5 Å². The minimum atomic E-state index is -0.221. The Morgan fingerprint density at radius 3 is 0.764 bits per heavy atom. The summed E-state index contributed by atoms with van der Waals surface area (Å²) in [4.78, 5) is 31.9. The van der Waals surface area contributed by atoms with Crippen molar-refractivity contribution in [3.05, 3.63) is 254 Å². The highest BCUT2D eigenvalue weighted by atomic mass is 16.1. The Bertz CT molecular complexity index is 4400. The summed E-state index contributed by atoms with van der Waals surface area (Å²) in [7, 11) is 0. The lowest BCUT2D eigenvalue weighted by Crippen LogP contribution is -2.17. The van der Waals surface area contributed by atoms with Gasteiger partial charge in [0.15, 0.2) is 10.9 Å². The molecule has 0 N–H and O–H groups in total. The minimum Gasteiger partial charge on any atom is -0.308 e. The van der Waals surface area contributed by atoms with Crippen molar-refractivity contribution in [2.75, 3.05) is 0 Å². The third-order valence-corrected chi connectivity index (χ3v) is 18.7. The van der Waals surface area contributed by atoms with Crippen LogP contribution < -0.4 is 10.9 Å². The van der Waals surface area contributed by atoms with Crippen molar-refractivity contribution in [1.82, 2.24) is 4.40 Å². The van der Waals surface area contributed by atoms with Gasteiger partial charge in [-0.05, 0) is 217 Å². The second-order valence-corrected chi connectivity index (χ2v) is 31.5. The van der Waals surface area contributed by atoms with Crippen molar-refractivity contribution in [2.24, 2.45) is 0 Å². The van der Waals surface area contributed by atoms with Crippen LogP contribution in [0.2, 0.25) is 0 Å². The Hall–Kier alpha value is -8.66. The monoisotopic (exact) mass is 1170 g/mol. The molecule has 0 fully saturated rings. The molecule has 3 nitrogen and oxygen atoms in total. The maximum atomic E-state index is 15.9. The van der Waals surface area contributed by atoms with Crippen LogP contribution in [-0.4, -0.2) is 4.40 Å². The molecule has 89 heavy (non-hydrogen) atoms. The summed E-state index contributed by atoms with van der Waals surface area (Å²) in [6, 6.07) is 73.8. The molecule has 0 bridgehead atoms. The van der Waals surface area contributed by atoms with E-state index in [0.29, 0.717) is 27.1 Å². The molecule has 0 atom stereocenters. The van der Waals surface area contributed by atoms with Crippen molar-refractivity contribution in [1.29, 1.82) is 0 Å². The van der Waals surface area contributed by atoms with E-state index in [1.807, 2.05) is 0 Å². The molecule has 0 aliphatic rings. The van der Waals surface area contributed by atoms with E-state index in [4.69, 9.17) is 0 Å². The van der Waals surface area contributed by atoms with E-state index in [2.05, 4.69) is 329 Å². The van der Waals surface area contributed by atoms with Crippen LogP contribution in [0.5, 0.6) is 0 Å². The third-order valence-electron chi connectivity index (χ3n) is 18.7. The number of aromatic nitrogens is 1. The molecule has 12 aromatic rings. The first-order valence-electron chi connectivity index (χ1n) is 32.0.